The molecule has 1 aliphatic carbocycles. The minimum atomic E-state index is -0.475. The summed E-state index contributed by atoms with van der Waals surface area (Å²) < 4.78 is 17.6. The average molecular weight is 355 g/mol. The molecule has 0 aromatic heterocycles. The molecule has 1 aromatic rings. The van der Waals surface area contributed by atoms with E-state index in [1.807, 2.05) is 12.1 Å². The highest BCUT2D eigenvalue weighted by Gasteiger charge is 2.44. The summed E-state index contributed by atoms with van der Waals surface area (Å²) in [6.45, 7) is 1.00. The molecular formula is C16H19BrO4. The van der Waals surface area contributed by atoms with Gasteiger partial charge in [0, 0.05) is 6.61 Å². The summed E-state index contributed by atoms with van der Waals surface area (Å²) in [5, 5.41) is 10.8. The lowest BCUT2D eigenvalue weighted by Crippen LogP contribution is -2.46. The Bertz CT molecular complexity index is 555. The van der Waals surface area contributed by atoms with Crippen LogP contribution >= 0.6 is 15.9 Å². The molecule has 0 radical (unpaired) electrons. The first-order valence-corrected chi connectivity index (χ1v) is 8.37. The molecule has 5 heteroatoms. The lowest BCUT2D eigenvalue weighted by molar-refractivity contribution is -0.157. The van der Waals surface area contributed by atoms with Crippen LogP contribution in [-0.4, -0.2) is 24.1 Å². The van der Waals surface area contributed by atoms with E-state index in [2.05, 4.69) is 15.9 Å². The Morgan fingerprint density at radius 3 is 2.90 bits per heavy atom. The molecule has 1 N–H and O–H groups in total. The first-order chi connectivity index (χ1) is 10.2. The molecule has 0 amide bonds. The molecular weight excluding hydrogens is 336 g/mol. The average Bonchev–Trinajstić information content (AvgIpc) is 2.94. The van der Waals surface area contributed by atoms with Gasteiger partial charge in [-0.05, 0) is 71.6 Å². The van der Waals surface area contributed by atoms with Crippen LogP contribution in [0.4, 0.5) is 0 Å². The number of aliphatic hydroxyl groups is 1. The number of ether oxygens (including phenoxy) is 3. The molecule has 0 bridgehead atoms. The summed E-state index contributed by atoms with van der Waals surface area (Å²) in [5.74, 6) is 1.70. The van der Waals surface area contributed by atoms with Crippen LogP contribution in [0.25, 0.3) is 0 Å². The number of fused-ring (bicyclic) bond motifs is 1. The monoisotopic (exact) mass is 354 g/mol. The third-order valence-electron chi connectivity index (χ3n) is 5.03. The van der Waals surface area contributed by atoms with Crippen molar-refractivity contribution in [3.05, 3.63) is 22.2 Å². The lowest BCUT2D eigenvalue weighted by atomic mass is 9.70. The van der Waals surface area contributed by atoms with E-state index >= 15 is 0 Å². The molecule has 4 nitrogen and oxygen atoms in total. The smallest absolute Gasteiger partial charge is 0.231 e. The van der Waals surface area contributed by atoms with Gasteiger partial charge in [-0.2, -0.15) is 0 Å². The number of hydrogen-bond acceptors (Lipinski definition) is 4. The molecule has 2 unspecified atom stereocenters. The third kappa shape index (κ3) is 2.35. The van der Waals surface area contributed by atoms with Crippen molar-refractivity contribution in [1.82, 2.24) is 0 Å². The van der Waals surface area contributed by atoms with Crippen LogP contribution in [-0.2, 0) is 4.74 Å². The fourth-order valence-electron chi connectivity index (χ4n) is 3.68. The zero-order valence-corrected chi connectivity index (χ0v) is 13.4. The summed E-state index contributed by atoms with van der Waals surface area (Å²) in [4.78, 5) is 0. The van der Waals surface area contributed by atoms with Crippen molar-refractivity contribution in [1.29, 1.82) is 0 Å². The number of halogens is 1. The third-order valence-corrected chi connectivity index (χ3v) is 5.62. The zero-order chi connectivity index (χ0) is 14.4. The van der Waals surface area contributed by atoms with Crippen molar-refractivity contribution in [3.63, 3.8) is 0 Å². The molecule has 114 valence electrons. The van der Waals surface area contributed by atoms with Gasteiger partial charge < -0.3 is 19.3 Å². The Kier molecular flexibility index (Phi) is 3.39. The summed E-state index contributed by atoms with van der Waals surface area (Å²) in [6.07, 6.45) is 4.92. The predicted octanol–water partition coefficient (Wildman–Crippen LogP) is 3.56. The maximum absolute atomic E-state index is 10.8. The minimum absolute atomic E-state index is 0.0530. The van der Waals surface area contributed by atoms with E-state index in [1.165, 1.54) is 6.42 Å². The maximum atomic E-state index is 10.8. The van der Waals surface area contributed by atoms with Crippen LogP contribution in [0.1, 0.15) is 43.8 Å². The van der Waals surface area contributed by atoms with Crippen LogP contribution in [0.2, 0.25) is 0 Å². The van der Waals surface area contributed by atoms with Crippen LogP contribution in [0.3, 0.4) is 0 Å². The van der Waals surface area contributed by atoms with Gasteiger partial charge in [-0.15, -0.1) is 0 Å². The van der Waals surface area contributed by atoms with Crippen molar-refractivity contribution in [3.8, 4) is 11.5 Å². The summed E-state index contributed by atoms with van der Waals surface area (Å²) in [5.41, 5.74) is 0.949. The van der Waals surface area contributed by atoms with Crippen molar-refractivity contribution in [2.24, 2.45) is 5.92 Å². The van der Waals surface area contributed by atoms with Gasteiger partial charge in [0.25, 0.3) is 0 Å². The zero-order valence-electron chi connectivity index (χ0n) is 11.8. The van der Waals surface area contributed by atoms with Crippen LogP contribution < -0.4 is 9.47 Å². The topological polar surface area (TPSA) is 47.9 Å². The van der Waals surface area contributed by atoms with E-state index in [9.17, 15) is 5.11 Å². The standard InChI is InChI=1S/C16H19BrO4/c17-12-6-11(7-13-15(12)20-9-19-13)14(18)10-2-5-21-16(8-10)3-1-4-16/h6-7,10,14,18H,1-5,8-9H2. The molecule has 1 saturated heterocycles. The van der Waals surface area contributed by atoms with Gasteiger partial charge in [-0.1, -0.05) is 0 Å². The van der Waals surface area contributed by atoms with Gasteiger partial charge in [0.2, 0.25) is 6.79 Å². The number of benzene rings is 1. The Morgan fingerprint density at radius 1 is 1.29 bits per heavy atom. The van der Waals surface area contributed by atoms with Gasteiger partial charge in [-0.3, -0.25) is 0 Å². The molecule has 2 fully saturated rings. The SMILES string of the molecule is OC(c1cc(Br)c2c(c1)OCO2)C1CCOC2(CCC2)C1. The summed E-state index contributed by atoms with van der Waals surface area (Å²) in [7, 11) is 0. The Morgan fingerprint density at radius 2 is 2.14 bits per heavy atom. The van der Waals surface area contributed by atoms with Crippen LogP contribution in [0.15, 0.2) is 16.6 Å². The highest BCUT2D eigenvalue weighted by atomic mass is 79.9. The largest absolute Gasteiger partial charge is 0.454 e. The second-order valence-electron chi connectivity index (χ2n) is 6.32. The second-order valence-corrected chi connectivity index (χ2v) is 7.17. The van der Waals surface area contributed by atoms with Crippen molar-refractivity contribution >= 4 is 15.9 Å². The van der Waals surface area contributed by atoms with Gasteiger partial charge in [0.15, 0.2) is 11.5 Å². The van der Waals surface area contributed by atoms with Crippen molar-refractivity contribution in [2.45, 2.75) is 43.8 Å². The minimum Gasteiger partial charge on any atom is -0.454 e. The molecule has 1 spiro atoms. The number of rotatable bonds is 2. The van der Waals surface area contributed by atoms with Crippen molar-refractivity contribution < 1.29 is 19.3 Å². The Labute approximate surface area is 132 Å². The lowest BCUT2D eigenvalue weighted by Gasteiger charge is -2.48. The normalized spacial score (nSPS) is 27.4. The van der Waals surface area contributed by atoms with Crippen LogP contribution in [0.5, 0.6) is 11.5 Å². The first-order valence-electron chi connectivity index (χ1n) is 7.58. The second kappa shape index (κ2) is 5.14. The summed E-state index contributed by atoms with van der Waals surface area (Å²) in [6, 6.07) is 3.85. The van der Waals surface area contributed by atoms with Gasteiger partial charge >= 0.3 is 0 Å². The van der Waals surface area contributed by atoms with E-state index in [-0.39, 0.29) is 18.3 Å². The molecule has 2 atom stereocenters. The van der Waals surface area contributed by atoms with Gasteiger partial charge in [0.05, 0.1) is 16.2 Å². The first kappa shape index (κ1) is 13.9. The molecule has 21 heavy (non-hydrogen) atoms. The number of aliphatic hydroxyl groups excluding tert-OH is 1. The van der Waals surface area contributed by atoms with E-state index in [0.29, 0.717) is 5.75 Å². The van der Waals surface area contributed by atoms with Gasteiger partial charge in [0.1, 0.15) is 0 Å². The quantitative estimate of drug-likeness (QED) is 0.881. The fraction of sp³-hybridized carbons (Fsp3) is 0.625. The highest BCUT2D eigenvalue weighted by Crippen LogP contribution is 2.48. The Balaban J connectivity index is 1.57. The maximum Gasteiger partial charge on any atom is 0.231 e. The van der Waals surface area contributed by atoms with Gasteiger partial charge in [-0.25, -0.2) is 0 Å². The van der Waals surface area contributed by atoms with E-state index < -0.39 is 6.10 Å². The predicted molar refractivity (Wildman–Crippen MR) is 80.5 cm³/mol. The molecule has 1 saturated carbocycles. The van der Waals surface area contributed by atoms with Crippen molar-refractivity contribution in [2.75, 3.05) is 13.4 Å². The molecule has 2 heterocycles. The molecule has 1 aromatic carbocycles. The van der Waals surface area contributed by atoms with Crippen LogP contribution in [0, 0.1) is 5.92 Å². The summed E-state index contributed by atoms with van der Waals surface area (Å²) >= 11 is 3.50. The fourth-order valence-corrected chi connectivity index (χ4v) is 4.26. The van der Waals surface area contributed by atoms with E-state index in [1.54, 1.807) is 0 Å². The molecule has 2 aliphatic heterocycles. The highest BCUT2D eigenvalue weighted by molar-refractivity contribution is 9.10. The van der Waals surface area contributed by atoms with E-state index in [4.69, 9.17) is 14.2 Å². The Hall–Kier alpha value is -0.780. The van der Waals surface area contributed by atoms with E-state index in [0.717, 1.165) is 48.1 Å². The molecule has 3 aliphatic rings. The molecule has 4 rings (SSSR count). The number of hydrogen-bond donors (Lipinski definition) is 1.